The normalized spacial score (nSPS) is 38.9. The third kappa shape index (κ3) is 4.27. The number of allylic oxidation sites excluding steroid dienone is 11. The molecule has 12 aliphatic rings. The van der Waals surface area contributed by atoms with Gasteiger partial charge in [-0.15, -0.1) is 0 Å². The minimum Gasteiger partial charge on any atom is -0.483 e. The number of nitrogens with zero attached hydrogens (tertiary/aromatic N) is 3. The van der Waals surface area contributed by atoms with Gasteiger partial charge in [-0.05, 0) is 130 Å². The second-order valence-corrected chi connectivity index (χ2v) is 17.2. The summed E-state index contributed by atoms with van der Waals surface area (Å²) in [6, 6.07) is 2.00. The Morgan fingerprint density at radius 1 is 0.538 bits per heavy atom. The van der Waals surface area contributed by atoms with Crippen LogP contribution in [0, 0.1) is 23.7 Å². The molecule has 0 N–H and O–H groups in total. The molecule has 0 saturated heterocycles. The number of fused-ring (bicyclic) bond motifs is 9. The average Bonchev–Trinajstić information content (AvgIpc) is 3.94. The molecule has 12 rings (SSSR count). The van der Waals surface area contributed by atoms with Gasteiger partial charge >= 0.3 is 0 Å². The minimum atomic E-state index is 0.105. The first kappa shape index (κ1) is 30.3. The van der Waals surface area contributed by atoms with E-state index in [9.17, 15) is 0 Å². The van der Waals surface area contributed by atoms with Gasteiger partial charge in [0.05, 0.1) is 11.7 Å². The molecule has 0 aromatic heterocycles. The fraction of sp³-hybridized carbons (Fsp3) is 0.458. The van der Waals surface area contributed by atoms with Crippen LogP contribution in [-0.4, -0.2) is 45.0 Å². The van der Waals surface area contributed by atoms with E-state index in [-0.39, 0.29) is 6.10 Å². The second-order valence-electron chi connectivity index (χ2n) is 17.2. The molecule has 0 aromatic carbocycles. The van der Waals surface area contributed by atoms with E-state index in [2.05, 4.69) is 112 Å². The largest absolute Gasteiger partial charge is 0.483 e. The zero-order chi connectivity index (χ0) is 33.9. The second kappa shape index (κ2) is 11.7. The van der Waals surface area contributed by atoms with Gasteiger partial charge in [-0.25, -0.2) is 0 Å². The zero-order valence-corrected chi connectivity index (χ0v) is 30.4. The summed E-state index contributed by atoms with van der Waals surface area (Å²) in [5, 5.41) is 0. The molecule has 4 nitrogen and oxygen atoms in total. The molecule has 0 radical (unpaired) electrons. The lowest BCUT2D eigenvalue weighted by atomic mass is 9.80. The van der Waals surface area contributed by atoms with Crippen LogP contribution in [0.4, 0.5) is 0 Å². The highest BCUT2D eigenvalue weighted by Gasteiger charge is 2.51. The lowest BCUT2D eigenvalue weighted by Crippen LogP contribution is -2.43. The number of ether oxygens (including phenoxy) is 1. The maximum Gasteiger partial charge on any atom is 0.143 e. The van der Waals surface area contributed by atoms with Crippen molar-refractivity contribution in [2.24, 2.45) is 23.7 Å². The minimum absolute atomic E-state index is 0.105. The average molecular weight is 686 g/mol. The summed E-state index contributed by atoms with van der Waals surface area (Å²) in [5.74, 6) is 3.06. The van der Waals surface area contributed by atoms with Crippen LogP contribution in [0.2, 0.25) is 0 Å². The van der Waals surface area contributed by atoms with Gasteiger partial charge in [0.15, 0.2) is 0 Å². The number of rotatable bonds is 3. The molecule has 0 saturated carbocycles. The first-order chi connectivity index (χ1) is 25.8. The van der Waals surface area contributed by atoms with Crippen LogP contribution >= 0.6 is 0 Å². The highest BCUT2D eigenvalue weighted by molar-refractivity contribution is 5.55. The number of hydrogen-bond acceptors (Lipinski definition) is 4. The fourth-order valence-corrected chi connectivity index (χ4v) is 12.6. The lowest BCUT2D eigenvalue weighted by Gasteiger charge is -2.41. The monoisotopic (exact) mass is 685 g/mol. The maximum atomic E-state index is 7.20. The molecule has 9 unspecified atom stereocenters. The Balaban J connectivity index is 0.927. The highest BCUT2D eigenvalue weighted by atomic mass is 16.5. The molecule has 8 aliphatic carbocycles. The molecule has 0 amide bonds. The van der Waals surface area contributed by atoms with Crippen LogP contribution in [0.1, 0.15) is 83.5 Å². The van der Waals surface area contributed by atoms with Crippen LogP contribution in [0.25, 0.3) is 0 Å². The zero-order valence-electron chi connectivity index (χ0n) is 30.4. The number of hydrogen-bond donors (Lipinski definition) is 0. The van der Waals surface area contributed by atoms with Crippen molar-refractivity contribution in [3.8, 4) is 0 Å². The predicted octanol–water partition coefficient (Wildman–Crippen LogP) is 10.1. The van der Waals surface area contributed by atoms with Crippen LogP contribution in [0.15, 0.2) is 154 Å². The van der Waals surface area contributed by atoms with E-state index in [1.165, 1.54) is 67.8 Å². The first-order valence-corrected chi connectivity index (χ1v) is 20.9. The molecule has 9 atom stereocenters. The standard InChI is InChI=1S/C48H51N3O/c1-2-12-30(13-3-1)51-45-26-22-31(49-41-18-8-4-14-33(41)34-15-5-9-19-42(34)49)28-39(45)37-24-25-38-40-29-32(23-27-46(40)52-48(38)47(37)51)50-43-20-10-6-16-35(43)36-17-7-11-21-44(36)50/h1-2,4-7,14-17,22-23,26-30,33,35,39-41,43,45-46H,3,8-13,18-21,24-25H2. The molecule has 4 heteroatoms. The van der Waals surface area contributed by atoms with Crippen molar-refractivity contribution in [1.29, 1.82) is 0 Å². The van der Waals surface area contributed by atoms with Gasteiger partial charge in [0.25, 0.3) is 0 Å². The molecule has 4 heterocycles. The summed E-state index contributed by atoms with van der Waals surface area (Å²) < 4.78 is 7.20. The molecular formula is C48H51N3O. The Labute approximate surface area is 309 Å². The van der Waals surface area contributed by atoms with Crippen LogP contribution in [-0.2, 0) is 4.74 Å². The summed E-state index contributed by atoms with van der Waals surface area (Å²) in [6.07, 6.45) is 55.1. The van der Waals surface area contributed by atoms with E-state index < -0.39 is 0 Å². The molecule has 0 aromatic rings. The SMILES string of the molecule is C1=CC2=C(CC1)N(C1=CC3C4=C(OC3C=C1)C1=C(CC4)C3C=C(N4C5=C(C=CCC5)C5C=CCCC54)C=CC3N1C1CC=CCC1)C1CCC=CC21. The Morgan fingerprint density at radius 3 is 1.88 bits per heavy atom. The van der Waals surface area contributed by atoms with E-state index in [4.69, 9.17) is 4.74 Å². The Kier molecular flexibility index (Phi) is 6.79. The lowest BCUT2D eigenvalue weighted by molar-refractivity contribution is 0.138. The van der Waals surface area contributed by atoms with Crippen LogP contribution in [0.5, 0.6) is 0 Å². The van der Waals surface area contributed by atoms with Crippen molar-refractivity contribution in [3.63, 3.8) is 0 Å². The molecule has 0 fully saturated rings. The highest BCUT2D eigenvalue weighted by Crippen LogP contribution is 2.56. The van der Waals surface area contributed by atoms with E-state index in [0.29, 0.717) is 47.8 Å². The van der Waals surface area contributed by atoms with Gasteiger partial charge in [0, 0.05) is 64.6 Å². The molecule has 52 heavy (non-hydrogen) atoms. The third-order valence-corrected chi connectivity index (χ3v) is 14.7. The summed E-state index contributed by atoms with van der Waals surface area (Å²) in [5.41, 5.74) is 13.9. The van der Waals surface area contributed by atoms with Gasteiger partial charge in [-0.3, -0.25) is 0 Å². The molecule has 0 spiro atoms. The van der Waals surface area contributed by atoms with Gasteiger partial charge in [0.1, 0.15) is 11.9 Å². The first-order valence-electron chi connectivity index (χ1n) is 20.9. The predicted molar refractivity (Wildman–Crippen MR) is 208 cm³/mol. The van der Waals surface area contributed by atoms with E-state index >= 15 is 0 Å². The molecule has 264 valence electrons. The van der Waals surface area contributed by atoms with Gasteiger partial charge in [-0.2, -0.15) is 0 Å². The third-order valence-electron chi connectivity index (χ3n) is 14.7. The van der Waals surface area contributed by atoms with Crippen molar-refractivity contribution in [1.82, 2.24) is 14.7 Å². The quantitative estimate of drug-likeness (QED) is 0.275. The Morgan fingerprint density at radius 2 is 1.19 bits per heavy atom. The van der Waals surface area contributed by atoms with Gasteiger partial charge < -0.3 is 19.4 Å². The van der Waals surface area contributed by atoms with Crippen molar-refractivity contribution in [3.05, 3.63) is 154 Å². The van der Waals surface area contributed by atoms with E-state index in [0.717, 1.165) is 38.5 Å². The van der Waals surface area contributed by atoms with E-state index in [1.54, 1.807) is 33.7 Å². The van der Waals surface area contributed by atoms with Crippen LogP contribution in [0.3, 0.4) is 0 Å². The molecular weight excluding hydrogens is 635 g/mol. The van der Waals surface area contributed by atoms with Crippen molar-refractivity contribution < 1.29 is 4.74 Å². The van der Waals surface area contributed by atoms with Crippen molar-refractivity contribution in [2.75, 3.05) is 0 Å². The smallest absolute Gasteiger partial charge is 0.143 e. The van der Waals surface area contributed by atoms with Gasteiger partial charge in [-0.1, -0.05) is 72.9 Å². The molecule has 4 aliphatic heterocycles. The van der Waals surface area contributed by atoms with Gasteiger partial charge in [0.2, 0.25) is 0 Å². The topological polar surface area (TPSA) is 19.0 Å². The summed E-state index contributed by atoms with van der Waals surface area (Å²) in [6.45, 7) is 0. The Hall–Kier alpha value is -4.18. The summed E-state index contributed by atoms with van der Waals surface area (Å²) in [4.78, 5) is 8.43. The van der Waals surface area contributed by atoms with Crippen LogP contribution < -0.4 is 0 Å². The fourth-order valence-electron chi connectivity index (χ4n) is 12.6. The van der Waals surface area contributed by atoms with E-state index in [1.807, 2.05) is 0 Å². The molecule has 0 bridgehead atoms. The Bertz CT molecular complexity index is 2030. The van der Waals surface area contributed by atoms with Crippen molar-refractivity contribution >= 4 is 0 Å². The maximum absolute atomic E-state index is 7.20. The van der Waals surface area contributed by atoms with Crippen molar-refractivity contribution in [2.45, 2.75) is 114 Å². The summed E-state index contributed by atoms with van der Waals surface area (Å²) in [7, 11) is 0. The summed E-state index contributed by atoms with van der Waals surface area (Å²) >= 11 is 0.